The van der Waals surface area contributed by atoms with Crippen molar-refractivity contribution in [3.05, 3.63) is 245 Å². The van der Waals surface area contributed by atoms with Gasteiger partial charge >= 0.3 is 0 Å². The van der Waals surface area contributed by atoms with E-state index < -0.39 is 0 Å². The number of anilines is 2. The van der Waals surface area contributed by atoms with E-state index in [1.54, 1.807) is 0 Å². The molecule has 0 fully saturated rings. The molecule has 0 bridgehead atoms. The molecular formula is C59H49N3. The van der Waals surface area contributed by atoms with E-state index in [-0.39, 0.29) is 12.1 Å². The van der Waals surface area contributed by atoms with Crippen LogP contribution in [0.15, 0.2) is 211 Å². The zero-order valence-electron chi connectivity index (χ0n) is 34.9. The lowest BCUT2D eigenvalue weighted by atomic mass is 9.78. The molecule has 0 saturated heterocycles. The molecule has 5 unspecified atom stereocenters. The van der Waals surface area contributed by atoms with Gasteiger partial charge in [-0.1, -0.05) is 157 Å². The third kappa shape index (κ3) is 6.46. The minimum absolute atomic E-state index is 0.129. The fourth-order valence-corrected chi connectivity index (χ4v) is 11.1. The minimum atomic E-state index is 0.129. The van der Waals surface area contributed by atoms with Crippen molar-refractivity contribution in [1.29, 1.82) is 0 Å². The van der Waals surface area contributed by atoms with Crippen LogP contribution in [0.1, 0.15) is 82.6 Å². The average Bonchev–Trinajstić information content (AvgIpc) is 3.87. The zero-order valence-corrected chi connectivity index (χ0v) is 34.9. The number of aromatic nitrogens is 1. The van der Waals surface area contributed by atoms with Gasteiger partial charge in [0.05, 0.1) is 23.3 Å². The van der Waals surface area contributed by atoms with E-state index >= 15 is 0 Å². The SMILES string of the molecule is C1=Cc2c(c3cc(C4C=CC5C(C4)c4ccccc4N5c4ccc(C5=CCC(C6=CC(c7ccccc7)=NC(c7ccccc7)C6)C=C5)cc4)ccc3n2-c2ccccc2)CC1. The Balaban J connectivity index is 0.793. The van der Waals surface area contributed by atoms with E-state index in [9.17, 15) is 0 Å². The van der Waals surface area contributed by atoms with E-state index in [0.29, 0.717) is 17.8 Å². The van der Waals surface area contributed by atoms with Gasteiger partial charge in [-0.25, -0.2) is 0 Å². The Morgan fingerprint density at radius 3 is 2.19 bits per heavy atom. The number of hydrogen-bond acceptors (Lipinski definition) is 2. The summed E-state index contributed by atoms with van der Waals surface area (Å²) in [4.78, 5) is 7.84. The molecule has 0 spiro atoms. The summed E-state index contributed by atoms with van der Waals surface area (Å²) in [6.45, 7) is 0. The standard InChI is InChI=1S/C59H49N3/c1-4-14-43(15-5-1)54-38-47(39-55(60-54)44-16-6-2-7-17-44)42-26-24-40(25-27-42)41-28-32-49(33-29-41)62-57-23-13-11-21-51(57)53-37-46(31-35-59(53)62)45-30-34-58-52(36-45)50-20-10-12-22-56(50)61(58)48-18-8-3-9-19-48/h1-9,11-19,21-26,28-36,38,42,46,53,55,59H,10,20,27,37,39H2. The number of aryl methyl sites for hydroxylation is 1. The largest absolute Gasteiger partial charge is 0.334 e. The van der Waals surface area contributed by atoms with Crippen molar-refractivity contribution < 1.29 is 0 Å². The molecule has 6 aromatic carbocycles. The van der Waals surface area contributed by atoms with E-state index in [1.807, 2.05) is 0 Å². The monoisotopic (exact) mass is 799 g/mol. The molecule has 7 aromatic rings. The predicted molar refractivity (Wildman–Crippen MR) is 259 cm³/mol. The molecule has 0 radical (unpaired) electrons. The van der Waals surface area contributed by atoms with Gasteiger partial charge in [0.25, 0.3) is 0 Å². The second kappa shape index (κ2) is 15.5. The first-order valence-corrected chi connectivity index (χ1v) is 22.6. The third-order valence-electron chi connectivity index (χ3n) is 14.1. The lowest BCUT2D eigenvalue weighted by Crippen LogP contribution is -2.31. The van der Waals surface area contributed by atoms with Crippen molar-refractivity contribution in [2.45, 2.75) is 56.0 Å². The van der Waals surface area contributed by atoms with Crippen LogP contribution >= 0.6 is 0 Å². The third-order valence-corrected chi connectivity index (χ3v) is 14.1. The van der Waals surface area contributed by atoms with Crippen LogP contribution in [0.3, 0.4) is 0 Å². The number of aliphatic imine (C=N–C) groups is 1. The molecule has 62 heavy (non-hydrogen) atoms. The van der Waals surface area contributed by atoms with Crippen molar-refractivity contribution in [2.75, 3.05) is 4.90 Å². The number of nitrogens with zero attached hydrogens (tertiary/aromatic N) is 3. The molecule has 5 aliphatic rings. The molecule has 300 valence electrons. The molecule has 3 nitrogen and oxygen atoms in total. The van der Waals surface area contributed by atoms with E-state index in [0.717, 1.165) is 37.8 Å². The normalized spacial score (nSPS) is 22.4. The van der Waals surface area contributed by atoms with Gasteiger partial charge in [0.2, 0.25) is 0 Å². The summed E-state index contributed by atoms with van der Waals surface area (Å²) in [6, 6.07) is 58.4. The Labute approximate surface area is 365 Å². The average molecular weight is 800 g/mol. The van der Waals surface area contributed by atoms with E-state index in [2.05, 4.69) is 216 Å². The maximum Gasteiger partial charge on any atom is 0.0793 e. The minimum Gasteiger partial charge on any atom is -0.334 e. The van der Waals surface area contributed by atoms with Gasteiger partial charge in [0.15, 0.2) is 0 Å². The van der Waals surface area contributed by atoms with Crippen LogP contribution < -0.4 is 4.90 Å². The van der Waals surface area contributed by atoms with Crippen LogP contribution in [0.2, 0.25) is 0 Å². The second-order valence-corrected chi connectivity index (χ2v) is 17.6. The summed E-state index contributed by atoms with van der Waals surface area (Å²) in [6.07, 6.45) is 24.5. The fraction of sp³-hybridized carbons (Fsp3) is 0.169. The highest BCUT2D eigenvalue weighted by Crippen LogP contribution is 2.52. The summed E-state index contributed by atoms with van der Waals surface area (Å²) in [5, 5.41) is 1.41. The van der Waals surface area contributed by atoms with Crippen LogP contribution in [0.4, 0.5) is 11.4 Å². The first-order chi connectivity index (χ1) is 30.7. The molecule has 0 N–H and O–H groups in total. The number of dihydropyridines is 1. The number of allylic oxidation sites excluding steroid dienone is 7. The molecule has 2 aliphatic heterocycles. The van der Waals surface area contributed by atoms with Gasteiger partial charge in [0.1, 0.15) is 0 Å². The van der Waals surface area contributed by atoms with Crippen molar-refractivity contribution in [1.82, 2.24) is 4.57 Å². The maximum absolute atomic E-state index is 5.25. The lowest BCUT2D eigenvalue weighted by Gasteiger charge is -2.33. The number of hydrogen-bond donors (Lipinski definition) is 0. The zero-order chi connectivity index (χ0) is 41.0. The summed E-state index contributed by atoms with van der Waals surface area (Å²) in [7, 11) is 0. The Morgan fingerprint density at radius 2 is 1.39 bits per heavy atom. The van der Waals surface area contributed by atoms with Crippen LogP contribution in [0.5, 0.6) is 0 Å². The van der Waals surface area contributed by atoms with Gasteiger partial charge in [0, 0.05) is 45.9 Å². The Kier molecular flexibility index (Phi) is 9.21. The van der Waals surface area contributed by atoms with Gasteiger partial charge < -0.3 is 9.47 Å². The Morgan fingerprint density at radius 1 is 0.613 bits per heavy atom. The topological polar surface area (TPSA) is 20.5 Å². The van der Waals surface area contributed by atoms with Gasteiger partial charge in [-0.2, -0.15) is 0 Å². The van der Waals surface area contributed by atoms with E-state index in [4.69, 9.17) is 4.99 Å². The highest BCUT2D eigenvalue weighted by atomic mass is 15.2. The number of rotatable bonds is 7. The van der Waals surface area contributed by atoms with Crippen molar-refractivity contribution in [3.8, 4) is 5.69 Å². The van der Waals surface area contributed by atoms with Crippen molar-refractivity contribution >= 4 is 39.6 Å². The maximum atomic E-state index is 5.25. The molecule has 1 aromatic heterocycles. The van der Waals surface area contributed by atoms with Crippen molar-refractivity contribution in [3.63, 3.8) is 0 Å². The first-order valence-electron chi connectivity index (χ1n) is 22.6. The quantitative estimate of drug-likeness (QED) is 0.147. The highest BCUT2D eigenvalue weighted by Gasteiger charge is 2.41. The summed E-state index contributed by atoms with van der Waals surface area (Å²) in [5.41, 5.74) is 18.4. The molecule has 12 rings (SSSR count). The predicted octanol–water partition coefficient (Wildman–Crippen LogP) is 14.5. The Bertz CT molecular complexity index is 3000. The number of fused-ring (bicyclic) bond motifs is 6. The fourth-order valence-electron chi connectivity index (χ4n) is 11.1. The molecule has 3 aliphatic carbocycles. The number of benzene rings is 6. The summed E-state index contributed by atoms with van der Waals surface area (Å²) in [5.74, 6) is 1.15. The molecule has 3 heterocycles. The second-order valence-electron chi connectivity index (χ2n) is 17.6. The first kappa shape index (κ1) is 36.8. The summed E-state index contributed by atoms with van der Waals surface area (Å²) >= 11 is 0. The van der Waals surface area contributed by atoms with Crippen molar-refractivity contribution in [2.24, 2.45) is 10.9 Å². The molecule has 0 amide bonds. The highest BCUT2D eigenvalue weighted by molar-refractivity contribution is 6.09. The lowest BCUT2D eigenvalue weighted by molar-refractivity contribution is 0.533. The van der Waals surface area contributed by atoms with Crippen LogP contribution in [0.25, 0.3) is 28.2 Å². The van der Waals surface area contributed by atoms with Crippen LogP contribution in [-0.2, 0) is 6.42 Å². The van der Waals surface area contributed by atoms with E-state index in [1.165, 1.54) is 78.2 Å². The van der Waals surface area contributed by atoms with Crippen LogP contribution in [-0.4, -0.2) is 16.3 Å². The van der Waals surface area contributed by atoms with Gasteiger partial charge in [-0.05, 0) is 126 Å². The van der Waals surface area contributed by atoms with Gasteiger partial charge in [-0.15, -0.1) is 0 Å². The molecule has 5 atom stereocenters. The molecule has 3 heteroatoms. The molecule has 0 saturated carbocycles. The Hall–Kier alpha value is -6.97. The summed E-state index contributed by atoms with van der Waals surface area (Å²) < 4.78 is 2.46. The smallest absolute Gasteiger partial charge is 0.0793 e. The number of para-hydroxylation sites is 2. The molecular weight excluding hydrogens is 751 g/mol. The van der Waals surface area contributed by atoms with Crippen LogP contribution in [0, 0.1) is 5.92 Å². The van der Waals surface area contributed by atoms with Gasteiger partial charge in [-0.3, -0.25) is 4.99 Å².